The molecule has 1 saturated heterocycles. The molecule has 6 nitrogen and oxygen atoms in total. The lowest BCUT2D eigenvalue weighted by Gasteiger charge is -2.34. The SMILES string of the molecule is COc1ccc2nccc(C(O)CN3CCCC(CNC/C=C/c4ccccc4)C3)c2n1. The summed E-state index contributed by atoms with van der Waals surface area (Å²) >= 11 is 0. The minimum Gasteiger partial charge on any atom is -0.481 e. The number of pyridine rings is 2. The molecule has 1 fully saturated rings. The number of fused-ring (bicyclic) bond motifs is 1. The number of methoxy groups -OCH3 is 1. The summed E-state index contributed by atoms with van der Waals surface area (Å²) in [5.41, 5.74) is 3.51. The number of benzene rings is 1. The lowest BCUT2D eigenvalue weighted by atomic mass is 9.97. The van der Waals surface area contributed by atoms with Gasteiger partial charge in [0.1, 0.15) is 0 Å². The molecule has 2 unspecified atom stereocenters. The highest BCUT2D eigenvalue weighted by Gasteiger charge is 2.23. The molecule has 2 aromatic heterocycles. The van der Waals surface area contributed by atoms with E-state index < -0.39 is 6.10 Å². The highest BCUT2D eigenvalue weighted by Crippen LogP contribution is 2.25. The largest absolute Gasteiger partial charge is 0.481 e. The van der Waals surface area contributed by atoms with Crippen LogP contribution in [0.15, 0.2) is 60.8 Å². The molecule has 0 bridgehead atoms. The van der Waals surface area contributed by atoms with Crippen molar-refractivity contribution < 1.29 is 9.84 Å². The maximum Gasteiger partial charge on any atom is 0.213 e. The van der Waals surface area contributed by atoms with Crippen molar-refractivity contribution in [3.05, 3.63) is 71.9 Å². The Labute approximate surface area is 190 Å². The Kier molecular flexibility index (Phi) is 7.82. The highest BCUT2D eigenvalue weighted by molar-refractivity contribution is 5.78. The number of aliphatic hydroxyl groups is 1. The van der Waals surface area contributed by atoms with Crippen LogP contribution in [0.25, 0.3) is 17.1 Å². The van der Waals surface area contributed by atoms with Crippen LogP contribution < -0.4 is 10.1 Å². The van der Waals surface area contributed by atoms with Crippen LogP contribution in [-0.4, -0.2) is 59.8 Å². The molecule has 3 heterocycles. The maximum atomic E-state index is 11.0. The predicted molar refractivity (Wildman–Crippen MR) is 129 cm³/mol. The van der Waals surface area contributed by atoms with Gasteiger partial charge in [-0.2, -0.15) is 0 Å². The van der Waals surface area contributed by atoms with E-state index in [4.69, 9.17) is 4.74 Å². The molecule has 2 atom stereocenters. The fourth-order valence-corrected chi connectivity index (χ4v) is 4.37. The van der Waals surface area contributed by atoms with Crippen molar-refractivity contribution in [2.45, 2.75) is 18.9 Å². The summed E-state index contributed by atoms with van der Waals surface area (Å²) in [5, 5.41) is 14.6. The number of piperidine rings is 1. The van der Waals surface area contributed by atoms with E-state index in [2.05, 4.69) is 56.6 Å². The summed E-state index contributed by atoms with van der Waals surface area (Å²) in [6.45, 7) is 4.46. The number of likely N-dealkylation sites (tertiary alicyclic amines) is 1. The third kappa shape index (κ3) is 5.91. The van der Waals surface area contributed by atoms with E-state index in [1.54, 1.807) is 19.4 Å². The van der Waals surface area contributed by atoms with Gasteiger partial charge >= 0.3 is 0 Å². The zero-order chi connectivity index (χ0) is 22.2. The molecule has 0 saturated carbocycles. The van der Waals surface area contributed by atoms with Crippen molar-refractivity contribution in [1.29, 1.82) is 0 Å². The number of β-amino-alcohol motifs (C(OH)–C–C–N with tert-alkyl or cyclic N) is 1. The smallest absolute Gasteiger partial charge is 0.213 e. The van der Waals surface area contributed by atoms with Crippen molar-refractivity contribution in [1.82, 2.24) is 20.2 Å². The molecule has 0 spiro atoms. The van der Waals surface area contributed by atoms with E-state index in [0.717, 1.165) is 43.7 Å². The van der Waals surface area contributed by atoms with Gasteiger partial charge in [-0.1, -0.05) is 42.5 Å². The van der Waals surface area contributed by atoms with E-state index in [1.165, 1.54) is 12.0 Å². The van der Waals surface area contributed by atoms with Gasteiger partial charge in [0, 0.05) is 37.5 Å². The fourth-order valence-electron chi connectivity index (χ4n) is 4.37. The summed E-state index contributed by atoms with van der Waals surface area (Å²) in [6, 6.07) is 15.9. The van der Waals surface area contributed by atoms with Crippen LogP contribution in [0.1, 0.15) is 30.1 Å². The van der Waals surface area contributed by atoms with Gasteiger partial charge in [0.25, 0.3) is 0 Å². The number of ether oxygens (including phenoxy) is 1. The van der Waals surface area contributed by atoms with Crippen LogP contribution in [0.5, 0.6) is 5.88 Å². The topological polar surface area (TPSA) is 70.5 Å². The number of nitrogens with one attached hydrogen (secondary N) is 1. The Morgan fingerprint density at radius 3 is 2.94 bits per heavy atom. The van der Waals surface area contributed by atoms with Gasteiger partial charge in [-0.25, -0.2) is 4.98 Å². The number of nitrogens with zero attached hydrogens (tertiary/aromatic N) is 3. The number of hydrogen-bond acceptors (Lipinski definition) is 6. The van der Waals surface area contributed by atoms with E-state index in [-0.39, 0.29) is 0 Å². The lowest BCUT2D eigenvalue weighted by molar-refractivity contribution is 0.0850. The quantitative estimate of drug-likeness (QED) is 0.503. The Hall–Kier alpha value is -2.80. The number of hydrogen-bond donors (Lipinski definition) is 2. The number of aliphatic hydroxyl groups excluding tert-OH is 1. The summed E-state index contributed by atoms with van der Waals surface area (Å²) in [5.74, 6) is 1.12. The lowest BCUT2D eigenvalue weighted by Crippen LogP contribution is -2.41. The second-order valence-corrected chi connectivity index (χ2v) is 8.38. The first-order valence-corrected chi connectivity index (χ1v) is 11.4. The maximum absolute atomic E-state index is 11.0. The van der Waals surface area contributed by atoms with Gasteiger partial charge in [-0.05, 0) is 49.5 Å². The molecule has 1 aromatic carbocycles. The molecular weight excluding hydrogens is 400 g/mol. The van der Waals surface area contributed by atoms with Crippen molar-refractivity contribution in [3.8, 4) is 5.88 Å². The predicted octanol–water partition coefficient (Wildman–Crippen LogP) is 3.69. The second kappa shape index (κ2) is 11.2. The standard InChI is InChI=1S/C26H32N4O2/c1-32-25-12-11-23-26(29-25)22(13-15-28-23)24(31)19-30-16-6-10-21(18-30)17-27-14-5-9-20-7-3-2-4-8-20/h2-5,7-9,11-13,15,21,24,27,31H,6,10,14,16-19H2,1H3/b9-5+. The van der Waals surface area contributed by atoms with Gasteiger partial charge < -0.3 is 20.1 Å². The van der Waals surface area contributed by atoms with Crippen LogP contribution in [-0.2, 0) is 0 Å². The van der Waals surface area contributed by atoms with Gasteiger partial charge in [0.05, 0.1) is 24.2 Å². The van der Waals surface area contributed by atoms with E-state index >= 15 is 0 Å². The summed E-state index contributed by atoms with van der Waals surface area (Å²) in [6.07, 6.45) is 7.83. The normalized spacial score (nSPS) is 18.2. The van der Waals surface area contributed by atoms with E-state index in [1.807, 2.05) is 18.2 Å². The molecule has 32 heavy (non-hydrogen) atoms. The van der Waals surface area contributed by atoms with E-state index in [9.17, 15) is 5.11 Å². The van der Waals surface area contributed by atoms with Gasteiger partial charge in [0.2, 0.25) is 5.88 Å². The summed E-state index contributed by atoms with van der Waals surface area (Å²) in [7, 11) is 1.60. The molecule has 0 radical (unpaired) electrons. The Morgan fingerprint density at radius 1 is 1.22 bits per heavy atom. The van der Waals surface area contributed by atoms with Gasteiger partial charge in [-0.15, -0.1) is 0 Å². The molecule has 3 aromatic rings. The van der Waals surface area contributed by atoms with Crippen molar-refractivity contribution in [2.75, 3.05) is 39.8 Å². The first-order valence-electron chi connectivity index (χ1n) is 11.4. The van der Waals surface area contributed by atoms with E-state index in [0.29, 0.717) is 23.9 Å². The van der Waals surface area contributed by atoms with Crippen LogP contribution in [0.3, 0.4) is 0 Å². The Balaban J connectivity index is 1.29. The average Bonchev–Trinajstić information content (AvgIpc) is 2.84. The van der Waals surface area contributed by atoms with Crippen molar-refractivity contribution >= 4 is 17.1 Å². The Bertz CT molecular complexity index is 1020. The first kappa shape index (κ1) is 22.4. The number of rotatable bonds is 9. The molecular formula is C26H32N4O2. The Morgan fingerprint density at radius 2 is 2.09 bits per heavy atom. The first-order chi connectivity index (χ1) is 15.7. The zero-order valence-electron chi connectivity index (χ0n) is 18.7. The van der Waals surface area contributed by atoms with Crippen LogP contribution >= 0.6 is 0 Å². The third-order valence-electron chi connectivity index (χ3n) is 6.00. The van der Waals surface area contributed by atoms with Crippen LogP contribution in [0, 0.1) is 5.92 Å². The molecule has 1 aliphatic rings. The zero-order valence-corrected chi connectivity index (χ0v) is 18.7. The van der Waals surface area contributed by atoms with Gasteiger partial charge in [0.15, 0.2) is 0 Å². The molecule has 0 aliphatic carbocycles. The molecule has 6 heteroatoms. The van der Waals surface area contributed by atoms with Crippen molar-refractivity contribution in [3.63, 3.8) is 0 Å². The minimum atomic E-state index is -0.611. The fraction of sp³-hybridized carbons (Fsp3) is 0.385. The van der Waals surface area contributed by atoms with Crippen LogP contribution in [0.4, 0.5) is 0 Å². The minimum absolute atomic E-state index is 0.532. The summed E-state index contributed by atoms with van der Waals surface area (Å²) in [4.78, 5) is 11.3. The molecule has 4 rings (SSSR count). The number of aromatic nitrogens is 2. The second-order valence-electron chi connectivity index (χ2n) is 8.38. The summed E-state index contributed by atoms with van der Waals surface area (Å²) < 4.78 is 5.26. The molecule has 168 valence electrons. The van der Waals surface area contributed by atoms with Crippen LogP contribution in [0.2, 0.25) is 0 Å². The average molecular weight is 433 g/mol. The molecule has 1 aliphatic heterocycles. The molecule has 0 amide bonds. The highest BCUT2D eigenvalue weighted by atomic mass is 16.5. The third-order valence-corrected chi connectivity index (χ3v) is 6.00. The monoisotopic (exact) mass is 432 g/mol. The van der Waals surface area contributed by atoms with Gasteiger partial charge in [-0.3, -0.25) is 4.98 Å². The molecule has 2 N–H and O–H groups in total. The van der Waals surface area contributed by atoms with Crippen molar-refractivity contribution in [2.24, 2.45) is 5.92 Å².